The molecule has 0 aliphatic rings. The van der Waals surface area contributed by atoms with Gasteiger partial charge >= 0.3 is 0 Å². The molecule has 3 rings (SSSR count). The highest BCUT2D eigenvalue weighted by molar-refractivity contribution is 5.93. The lowest BCUT2D eigenvalue weighted by Gasteiger charge is -2.28. The van der Waals surface area contributed by atoms with E-state index in [0.717, 1.165) is 28.9 Å². The first-order valence-electron chi connectivity index (χ1n) is 8.75. The van der Waals surface area contributed by atoms with Crippen LogP contribution in [0.3, 0.4) is 0 Å². The van der Waals surface area contributed by atoms with Crippen LogP contribution < -0.4 is 0 Å². The first-order valence-corrected chi connectivity index (χ1v) is 8.75. The van der Waals surface area contributed by atoms with Crippen molar-refractivity contribution in [3.8, 4) is 11.3 Å². The molecule has 0 fully saturated rings. The van der Waals surface area contributed by atoms with E-state index in [-0.39, 0.29) is 11.9 Å². The summed E-state index contributed by atoms with van der Waals surface area (Å²) in [4.78, 5) is 19.1. The minimum atomic E-state index is -0.0662. The summed E-state index contributed by atoms with van der Waals surface area (Å²) in [6.07, 6.45) is 6.16. The van der Waals surface area contributed by atoms with E-state index in [0.29, 0.717) is 12.2 Å². The zero-order chi connectivity index (χ0) is 18.7. The predicted octanol–water partition coefficient (Wildman–Crippen LogP) is 2.95. The van der Waals surface area contributed by atoms with Crippen molar-refractivity contribution in [2.75, 3.05) is 0 Å². The zero-order valence-corrected chi connectivity index (χ0v) is 15.6. The van der Waals surface area contributed by atoms with Crippen molar-refractivity contribution in [3.05, 3.63) is 53.7 Å². The SMILES string of the molecule is CC[C@@H](C)N(Cc1cccnc1)C(=O)c1cc(-c2cnn(C)c2C)n[nH]1. The number of nitrogens with zero attached hydrogens (tertiary/aromatic N) is 5. The number of nitrogens with one attached hydrogen (secondary N) is 1. The van der Waals surface area contributed by atoms with Crippen LogP contribution in [0.2, 0.25) is 0 Å². The molecule has 0 saturated carbocycles. The van der Waals surface area contributed by atoms with Gasteiger partial charge in [-0.15, -0.1) is 0 Å². The monoisotopic (exact) mass is 352 g/mol. The fourth-order valence-corrected chi connectivity index (χ4v) is 2.81. The molecule has 1 N–H and O–H groups in total. The molecule has 136 valence electrons. The summed E-state index contributed by atoms with van der Waals surface area (Å²) >= 11 is 0. The van der Waals surface area contributed by atoms with Gasteiger partial charge in [-0.1, -0.05) is 13.0 Å². The Morgan fingerprint density at radius 2 is 2.19 bits per heavy atom. The second kappa shape index (κ2) is 7.51. The number of amides is 1. The highest BCUT2D eigenvalue weighted by atomic mass is 16.2. The number of H-pyrrole nitrogens is 1. The van der Waals surface area contributed by atoms with Crippen molar-refractivity contribution < 1.29 is 4.79 Å². The van der Waals surface area contributed by atoms with E-state index in [4.69, 9.17) is 0 Å². The number of carbonyl (C=O) groups is 1. The lowest BCUT2D eigenvalue weighted by atomic mass is 10.1. The third-order valence-electron chi connectivity index (χ3n) is 4.78. The van der Waals surface area contributed by atoms with Gasteiger partial charge in [-0.3, -0.25) is 19.6 Å². The van der Waals surface area contributed by atoms with Gasteiger partial charge in [0.15, 0.2) is 0 Å². The van der Waals surface area contributed by atoms with Crippen molar-refractivity contribution in [3.63, 3.8) is 0 Å². The number of aromatic nitrogens is 5. The second-order valence-corrected chi connectivity index (χ2v) is 6.49. The van der Waals surface area contributed by atoms with Crippen LogP contribution in [0, 0.1) is 6.92 Å². The zero-order valence-electron chi connectivity index (χ0n) is 15.6. The van der Waals surface area contributed by atoms with E-state index in [1.807, 2.05) is 31.0 Å². The molecule has 3 aromatic rings. The molecule has 1 atom stereocenters. The van der Waals surface area contributed by atoms with Crippen LogP contribution in [0.25, 0.3) is 11.3 Å². The Labute approximate surface area is 153 Å². The standard InChI is InChI=1S/C19H24N6O/c1-5-13(2)25(12-15-7-6-8-20-10-15)19(26)18-9-17(22-23-18)16-11-21-24(4)14(16)3/h6-11,13H,5,12H2,1-4H3,(H,22,23)/t13-/m1/s1. The first kappa shape index (κ1) is 17.8. The van der Waals surface area contributed by atoms with E-state index < -0.39 is 0 Å². The van der Waals surface area contributed by atoms with Crippen LogP contribution in [0.1, 0.15) is 42.0 Å². The number of hydrogen-bond donors (Lipinski definition) is 1. The van der Waals surface area contributed by atoms with Crippen LogP contribution in [0.15, 0.2) is 36.8 Å². The average Bonchev–Trinajstić information content (AvgIpc) is 3.27. The maximum atomic E-state index is 13.1. The van der Waals surface area contributed by atoms with Gasteiger partial charge < -0.3 is 4.90 Å². The normalized spacial score (nSPS) is 12.2. The number of aromatic amines is 1. The van der Waals surface area contributed by atoms with E-state index >= 15 is 0 Å². The van der Waals surface area contributed by atoms with Crippen molar-refractivity contribution in [1.29, 1.82) is 0 Å². The predicted molar refractivity (Wildman–Crippen MR) is 99.4 cm³/mol. The molecule has 0 saturated heterocycles. The second-order valence-electron chi connectivity index (χ2n) is 6.49. The molecule has 0 spiro atoms. The van der Waals surface area contributed by atoms with Crippen molar-refractivity contribution in [2.45, 2.75) is 39.8 Å². The summed E-state index contributed by atoms with van der Waals surface area (Å²) < 4.78 is 1.79. The Kier molecular flexibility index (Phi) is 5.16. The van der Waals surface area contributed by atoms with E-state index in [9.17, 15) is 4.79 Å². The smallest absolute Gasteiger partial charge is 0.272 e. The van der Waals surface area contributed by atoms with Crippen molar-refractivity contribution in [2.24, 2.45) is 7.05 Å². The first-order chi connectivity index (χ1) is 12.5. The van der Waals surface area contributed by atoms with Gasteiger partial charge in [0.25, 0.3) is 5.91 Å². The third-order valence-corrected chi connectivity index (χ3v) is 4.78. The number of carbonyl (C=O) groups excluding carboxylic acids is 1. The highest BCUT2D eigenvalue weighted by Gasteiger charge is 2.23. The van der Waals surface area contributed by atoms with Crippen LogP contribution in [-0.4, -0.2) is 41.8 Å². The largest absolute Gasteiger partial charge is 0.330 e. The molecule has 0 aliphatic carbocycles. The highest BCUT2D eigenvalue weighted by Crippen LogP contribution is 2.22. The summed E-state index contributed by atoms with van der Waals surface area (Å²) in [6.45, 7) is 6.62. The molecular formula is C19H24N6O. The van der Waals surface area contributed by atoms with Crippen molar-refractivity contribution in [1.82, 2.24) is 29.9 Å². The molecular weight excluding hydrogens is 328 g/mol. The lowest BCUT2D eigenvalue weighted by molar-refractivity contribution is 0.0665. The Bertz CT molecular complexity index is 883. The lowest BCUT2D eigenvalue weighted by Crippen LogP contribution is -2.38. The van der Waals surface area contributed by atoms with E-state index in [2.05, 4.69) is 34.1 Å². The van der Waals surface area contributed by atoms with Crippen LogP contribution in [-0.2, 0) is 13.6 Å². The van der Waals surface area contributed by atoms with Gasteiger partial charge in [0.1, 0.15) is 5.69 Å². The summed E-state index contributed by atoms with van der Waals surface area (Å²) in [5.74, 6) is -0.0662. The molecule has 0 aromatic carbocycles. The molecule has 1 amide bonds. The number of hydrogen-bond acceptors (Lipinski definition) is 4. The number of rotatable bonds is 6. The molecule has 7 nitrogen and oxygen atoms in total. The minimum Gasteiger partial charge on any atom is -0.330 e. The minimum absolute atomic E-state index is 0.0662. The summed E-state index contributed by atoms with van der Waals surface area (Å²) in [6, 6.07) is 5.76. The van der Waals surface area contributed by atoms with Gasteiger partial charge in [-0.25, -0.2) is 0 Å². The van der Waals surface area contributed by atoms with Gasteiger partial charge in [0.05, 0.1) is 11.9 Å². The third kappa shape index (κ3) is 3.51. The van der Waals surface area contributed by atoms with Gasteiger partial charge in [-0.05, 0) is 38.0 Å². The molecule has 3 aromatic heterocycles. The fourth-order valence-electron chi connectivity index (χ4n) is 2.81. The summed E-state index contributed by atoms with van der Waals surface area (Å²) in [7, 11) is 1.89. The van der Waals surface area contributed by atoms with Crippen LogP contribution >= 0.6 is 0 Å². The fraction of sp³-hybridized carbons (Fsp3) is 0.368. The van der Waals surface area contributed by atoms with E-state index in [1.165, 1.54) is 0 Å². The Morgan fingerprint density at radius 1 is 1.38 bits per heavy atom. The van der Waals surface area contributed by atoms with Crippen LogP contribution in [0.4, 0.5) is 0 Å². The average molecular weight is 352 g/mol. The van der Waals surface area contributed by atoms with Crippen LogP contribution in [0.5, 0.6) is 0 Å². The summed E-state index contributed by atoms with van der Waals surface area (Å²) in [5.41, 5.74) is 4.13. The molecule has 0 radical (unpaired) electrons. The van der Waals surface area contributed by atoms with Gasteiger partial charge in [0.2, 0.25) is 0 Å². The Balaban J connectivity index is 1.86. The maximum absolute atomic E-state index is 13.1. The summed E-state index contributed by atoms with van der Waals surface area (Å²) in [5, 5.41) is 11.4. The van der Waals surface area contributed by atoms with Gasteiger partial charge in [0, 0.05) is 43.3 Å². The Morgan fingerprint density at radius 3 is 2.81 bits per heavy atom. The topological polar surface area (TPSA) is 79.7 Å². The molecule has 0 aliphatic heterocycles. The van der Waals surface area contributed by atoms with E-state index in [1.54, 1.807) is 29.3 Å². The van der Waals surface area contributed by atoms with Crippen molar-refractivity contribution >= 4 is 5.91 Å². The molecule has 26 heavy (non-hydrogen) atoms. The molecule has 0 bridgehead atoms. The quantitative estimate of drug-likeness (QED) is 0.740. The number of pyridine rings is 1. The van der Waals surface area contributed by atoms with Gasteiger partial charge in [-0.2, -0.15) is 10.2 Å². The number of aryl methyl sites for hydroxylation is 1. The molecule has 7 heteroatoms. The maximum Gasteiger partial charge on any atom is 0.272 e. The molecule has 3 heterocycles. The molecule has 0 unspecified atom stereocenters. The Hall–Kier alpha value is -2.96.